The van der Waals surface area contributed by atoms with E-state index >= 15 is 0 Å². The summed E-state index contributed by atoms with van der Waals surface area (Å²) in [7, 11) is 0. The Balaban J connectivity index is 2.59. The molecule has 110 valence electrons. The molecule has 0 atom stereocenters. The summed E-state index contributed by atoms with van der Waals surface area (Å²) in [4.78, 5) is 11.6. The molecule has 2 aromatic carbocycles. The fraction of sp³-hybridized carbons (Fsp3) is 0.235. The molecule has 4 nitrogen and oxygen atoms in total. The van der Waals surface area contributed by atoms with Crippen LogP contribution in [-0.2, 0) is 15.1 Å². The van der Waals surface area contributed by atoms with Crippen molar-refractivity contribution >= 4 is 5.97 Å². The molecular weight excluding hydrogens is 268 g/mol. The van der Waals surface area contributed by atoms with E-state index in [9.17, 15) is 15.0 Å². The van der Waals surface area contributed by atoms with Gasteiger partial charge >= 0.3 is 5.97 Å². The summed E-state index contributed by atoms with van der Waals surface area (Å²) in [5.41, 5.74) is 0.597. The molecule has 0 radical (unpaired) electrons. The average molecular weight is 286 g/mol. The fourth-order valence-corrected chi connectivity index (χ4v) is 2.47. The lowest BCUT2D eigenvalue weighted by molar-refractivity contribution is -0.154. The minimum atomic E-state index is -0.937. The number of carbonyl (C=O) groups excluding carboxylic acids is 1. The maximum Gasteiger partial charge on any atom is 0.303 e. The van der Waals surface area contributed by atoms with E-state index in [2.05, 4.69) is 0 Å². The highest BCUT2D eigenvalue weighted by atomic mass is 16.6. The molecule has 0 unspecified atom stereocenters. The molecule has 0 spiro atoms. The van der Waals surface area contributed by atoms with Crippen molar-refractivity contribution in [1.29, 1.82) is 0 Å². The number of aromatic hydroxyl groups is 2. The van der Waals surface area contributed by atoms with Crippen LogP contribution in [0.25, 0.3) is 0 Å². The van der Waals surface area contributed by atoms with Crippen LogP contribution in [0, 0.1) is 0 Å². The van der Waals surface area contributed by atoms with Crippen molar-refractivity contribution in [3.8, 4) is 11.5 Å². The largest absolute Gasteiger partial charge is 0.508 e. The lowest BCUT2D eigenvalue weighted by Gasteiger charge is -2.33. The van der Waals surface area contributed by atoms with Crippen LogP contribution in [0.1, 0.15) is 31.4 Å². The van der Waals surface area contributed by atoms with E-state index in [1.54, 1.807) is 48.5 Å². The molecule has 2 aromatic rings. The molecule has 0 aliphatic carbocycles. The van der Waals surface area contributed by atoms with Crippen molar-refractivity contribution in [2.75, 3.05) is 0 Å². The van der Waals surface area contributed by atoms with Crippen molar-refractivity contribution in [1.82, 2.24) is 0 Å². The normalized spacial score (nSPS) is 11.1. The first kappa shape index (κ1) is 14.9. The number of phenolic OH excluding ortho intramolecular Hbond substituents is 2. The lowest BCUT2D eigenvalue weighted by Crippen LogP contribution is -2.32. The number of phenols is 2. The Morgan fingerprint density at radius 2 is 1.33 bits per heavy atom. The first-order chi connectivity index (χ1) is 9.98. The van der Waals surface area contributed by atoms with Gasteiger partial charge in [-0.25, -0.2) is 0 Å². The summed E-state index contributed by atoms with van der Waals surface area (Å²) >= 11 is 0. The van der Waals surface area contributed by atoms with Crippen LogP contribution in [0.4, 0.5) is 0 Å². The maximum atomic E-state index is 11.6. The molecule has 2 rings (SSSR count). The first-order valence-corrected chi connectivity index (χ1v) is 6.76. The Morgan fingerprint density at radius 3 is 1.62 bits per heavy atom. The Bertz CT molecular complexity index is 569. The van der Waals surface area contributed by atoms with Gasteiger partial charge in [-0.1, -0.05) is 31.2 Å². The zero-order valence-corrected chi connectivity index (χ0v) is 12.0. The lowest BCUT2D eigenvalue weighted by atomic mass is 9.83. The number of rotatable bonds is 4. The van der Waals surface area contributed by atoms with E-state index < -0.39 is 11.6 Å². The van der Waals surface area contributed by atoms with Crippen molar-refractivity contribution in [2.45, 2.75) is 25.9 Å². The molecule has 21 heavy (non-hydrogen) atoms. The Hall–Kier alpha value is -2.49. The molecule has 0 aliphatic heterocycles. The Morgan fingerprint density at radius 1 is 0.952 bits per heavy atom. The number of hydrogen-bond acceptors (Lipinski definition) is 4. The molecule has 0 fully saturated rings. The summed E-state index contributed by atoms with van der Waals surface area (Å²) < 4.78 is 5.64. The molecule has 0 aliphatic rings. The molecule has 0 amide bonds. The zero-order chi connectivity index (χ0) is 15.5. The van der Waals surface area contributed by atoms with Gasteiger partial charge in [-0.3, -0.25) is 4.79 Å². The quantitative estimate of drug-likeness (QED) is 0.846. The predicted molar refractivity (Wildman–Crippen MR) is 79.1 cm³/mol. The second-order valence-corrected chi connectivity index (χ2v) is 4.87. The second kappa shape index (κ2) is 5.87. The second-order valence-electron chi connectivity index (χ2n) is 4.87. The van der Waals surface area contributed by atoms with Crippen LogP contribution in [0.5, 0.6) is 11.5 Å². The molecule has 0 bridgehead atoms. The minimum Gasteiger partial charge on any atom is -0.508 e. The predicted octanol–water partition coefficient (Wildman–Crippen LogP) is 3.31. The molecule has 0 heterocycles. The van der Waals surface area contributed by atoms with Gasteiger partial charge in [0.2, 0.25) is 0 Å². The van der Waals surface area contributed by atoms with Gasteiger partial charge < -0.3 is 14.9 Å². The Kier molecular flexibility index (Phi) is 4.17. The van der Waals surface area contributed by atoms with Crippen molar-refractivity contribution in [3.05, 3.63) is 59.7 Å². The molecule has 0 saturated heterocycles. The van der Waals surface area contributed by atoms with Gasteiger partial charge in [0.15, 0.2) is 5.60 Å². The molecule has 2 N–H and O–H groups in total. The highest BCUT2D eigenvalue weighted by molar-refractivity contribution is 5.67. The van der Waals surface area contributed by atoms with Crippen LogP contribution < -0.4 is 0 Å². The molecule has 4 heteroatoms. The number of benzene rings is 2. The highest BCUT2D eigenvalue weighted by Gasteiger charge is 2.36. The zero-order valence-electron chi connectivity index (χ0n) is 12.0. The number of hydrogen-bond donors (Lipinski definition) is 2. The van der Waals surface area contributed by atoms with E-state index in [4.69, 9.17) is 4.74 Å². The van der Waals surface area contributed by atoms with Crippen LogP contribution >= 0.6 is 0 Å². The van der Waals surface area contributed by atoms with E-state index in [1.807, 2.05) is 6.92 Å². The van der Waals surface area contributed by atoms with Crippen molar-refractivity contribution in [3.63, 3.8) is 0 Å². The van der Waals surface area contributed by atoms with Gasteiger partial charge in [0.25, 0.3) is 0 Å². The smallest absolute Gasteiger partial charge is 0.303 e. The third-order valence-electron chi connectivity index (χ3n) is 3.48. The van der Waals surface area contributed by atoms with Crippen LogP contribution in [-0.4, -0.2) is 16.2 Å². The van der Waals surface area contributed by atoms with E-state index in [0.29, 0.717) is 6.42 Å². The summed E-state index contributed by atoms with van der Waals surface area (Å²) in [5.74, 6) is -0.0902. The summed E-state index contributed by atoms with van der Waals surface area (Å²) in [5, 5.41) is 18.9. The highest BCUT2D eigenvalue weighted by Crippen LogP contribution is 2.38. The van der Waals surface area contributed by atoms with Gasteiger partial charge in [0.1, 0.15) is 11.5 Å². The third kappa shape index (κ3) is 2.99. The van der Waals surface area contributed by atoms with E-state index in [1.165, 1.54) is 6.92 Å². The number of ether oxygens (including phenoxy) is 1. The monoisotopic (exact) mass is 286 g/mol. The van der Waals surface area contributed by atoms with Gasteiger partial charge in [-0.2, -0.15) is 0 Å². The van der Waals surface area contributed by atoms with E-state index in [-0.39, 0.29) is 11.5 Å². The standard InChI is InChI=1S/C17H18O4/c1-3-17(21-12(2)18,13-4-8-15(19)9-5-13)14-6-10-16(20)11-7-14/h4-11,19-20H,3H2,1-2H3. The third-order valence-corrected chi connectivity index (χ3v) is 3.48. The average Bonchev–Trinajstić information content (AvgIpc) is 2.46. The summed E-state index contributed by atoms with van der Waals surface area (Å²) in [6.07, 6.45) is 0.530. The minimum absolute atomic E-state index is 0.150. The van der Waals surface area contributed by atoms with Gasteiger partial charge in [-0.05, 0) is 30.7 Å². The molecule has 0 aromatic heterocycles. The van der Waals surface area contributed by atoms with Crippen molar-refractivity contribution in [2.24, 2.45) is 0 Å². The molecular formula is C17H18O4. The van der Waals surface area contributed by atoms with E-state index in [0.717, 1.165) is 11.1 Å². The maximum absolute atomic E-state index is 11.6. The number of esters is 1. The van der Waals surface area contributed by atoms with Gasteiger partial charge in [0.05, 0.1) is 0 Å². The first-order valence-electron chi connectivity index (χ1n) is 6.76. The van der Waals surface area contributed by atoms with Crippen LogP contribution in [0.15, 0.2) is 48.5 Å². The van der Waals surface area contributed by atoms with Crippen LogP contribution in [0.2, 0.25) is 0 Å². The van der Waals surface area contributed by atoms with Crippen LogP contribution in [0.3, 0.4) is 0 Å². The number of carbonyl (C=O) groups is 1. The fourth-order valence-electron chi connectivity index (χ4n) is 2.47. The topological polar surface area (TPSA) is 66.8 Å². The Labute approximate surface area is 123 Å². The summed E-state index contributed by atoms with van der Waals surface area (Å²) in [6.45, 7) is 3.29. The summed E-state index contributed by atoms with van der Waals surface area (Å²) in [6, 6.07) is 13.2. The van der Waals surface area contributed by atoms with Gasteiger partial charge in [-0.15, -0.1) is 0 Å². The SMILES string of the molecule is CCC(OC(C)=O)(c1ccc(O)cc1)c1ccc(O)cc1. The van der Waals surface area contributed by atoms with Gasteiger partial charge in [0, 0.05) is 18.1 Å². The molecule has 0 saturated carbocycles. The van der Waals surface area contributed by atoms with Crippen molar-refractivity contribution < 1.29 is 19.7 Å².